The lowest BCUT2D eigenvalue weighted by Gasteiger charge is -2.29. The predicted molar refractivity (Wildman–Crippen MR) is 34.5 cm³/mol. The van der Waals surface area contributed by atoms with Crippen molar-refractivity contribution in [1.29, 1.82) is 0 Å². The van der Waals surface area contributed by atoms with Gasteiger partial charge in [0.25, 0.3) is 5.92 Å². The SMILES string of the molecule is O/C=C1/CNCC(F)(F)[C@@H]1O. The summed E-state index contributed by atoms with van der Waals surface area (Å²) >= 11 is 0. The molecular weight excluding hydrogens is 156 g/mol. The van der Waals surface area contributed by atoms with Gasteiger partial charge in [0, 0.05) is 12.1 Å². The predicted octanol–water partition coefficient (Wildman–Crippen LogP) is 0.0277. The lowest BCUT2D eigenvalue weighted by atomic mass is 10.0. The first-order valence-electron chi connectivity index (χ1n) is 3.17. The Morgan fingerprint density at radius 1 is 1.64 bits per heavy atom. The molecule has 0 aromatic rings. The van der Waals surface area contributed by atoms with Crippen LogP contribution in [0.4, 0.5) is 8.78 Å². The van der Waals surface area contributed by atoms with Gasteiger partial charge in [0.1, 0.15) is 6.10 Å². The van der Waals surface area contributed by atoms with Crippen molar-refractivity contribution in [1.82, 2.24) is 5.32 Å². The Morgan fingerprint density at radius 3 is 2.73 bits per heavy atom. The molecule has 0 aliphatic carbocycles. The molecule has 0 bridgehead atoms. The molecule has 1 heterocycles. The summed E-state index contributed by atoms with van der Waals surface area (Å²) in [6, 6.07) is 0. The van der Waals surface area contributed by atoms with E-state index in [1.54, 1.807) is 0 Å². The topological polar surface area (TPSA) is 52.5 Å². The lowest BCUT2D eigenvalue weighted by Crippen LogP contribution is -2.50. The van der Waals surface area contributed by atoms with E-state index in [1.165, 1.54) is 0 Å². The number of alkyl halides is 2. The maximum atomic E-state index is 12.6. The molecule has 0 aromatic carbocycles. The highest BCUT2D eigenvalue weighted by atomic mass is 19.3. The Hall–Kier alpha value is -0.680. The van der Waals surface area contributed by atoms with E-state index < -0.39 is 18.6 Å². The van der Waals surface area contributed by atoms with E-state index in [1.807, 2.05) is 0 Å². The zero-order valence-corrected chi connectivity index (χ0v) is 5.72. The van der Waals surface area contributed by atoms with Crippen molar-refractivity contribution in [3.8, 4) is 0 Å². The molecule has 0 saturated carbocycles. The van der Waals surface area contributed by atoms with Crippen LogP contribution in [0.3, 0.4) is 0 Å². The number of halogens is 2. The highest BCUT2D eigenvalue weighted by Crippen LogP contribution is 2.25. The fourth-order valence-corrected chi connectivity index (χ4v) is 0.954. The average molecular weight is 165 g/mol. The monoisotopic (exact) mass is 165 g/mol. The molecule has 5 heteroatoms. The van der Waals surface area contributed by atoms with E-state index in [9.17, 15) is 8.78 Å². The largest absolute Gasteiger partial charge is 0.515 e. The highest BCUT2D eigenvalue weighted by molar-refractivity contribution is 5.14. The molecule has 1 rings (SSSR count). The van der Waals surface area contributed by atoms with Crippen molar-refractivity contribution in [2.24, 2.45) is 0 Å². The van der Waals surface area contributed by atoms with Crippen LogP contribution < -0.4 is 5.32 Å². The van der Waals surface area contributed by atoms with Crippen LogP contribution in [0.2, 0.25) is 0 Å². The summed E-state index contributed by atoms with van der Waals surface area (Å²) in [5.74, 6) is -3.17. The van der Waals surface area contributed by atoms with Crippen LogP contribution in [0.5, 0.6) is 0 Å². The van der Waals surface area contributed by atoms with E-state index in [0.29, 0.717) is 6.26 Å². The molecule has 1 saturated heterocycles. The van der Waals surface area contributed by atoms with E-state index in [2.05, 4.69) is 5.32 Å². The van der Waals surface area contributed by atoms with Gasteiger partial charge >= 0.3 is 0 Å². The minimum atomic E-state index is -3.17. The molecule has 0 amide bonds. The smallest absolute Gasteiger partial charge is 0.289 e. The third-order valence-corrected chi connectivity index (χ3v) is 1.61. The van der Waals surface area contributed by atoms with Crippen LogP contribution in [0.1, 0.15) is 0 Å². The van der Waals surface area contributed by atoms with Crippen LogP contribution in [0.15, 0.2) is 11.8 Å². The molecule has 0 radical (unpaired) electrons. The van der Waals surface area contributed by atoms with Gasteiger partial charge in [0.15, 0.2) is 0 Å². The molecule has 0 aromatic heterocycles. The van der Waals surface area contributed by atoms with Crippen molar-refractivity contribution in [2.45, 2.75) is 12.0 Å². The van der Waals surface area contributed by atoms with E-state index in [4.69, 9.17) is 10.2 Å². The van der Waals surface area contributed by atoms with Crippen molar-refractivity contribution in [3.63, 3.8) is 0 Å². The molecule has 3 nitrogen and oxygen atoms in total. The summed E-state index contributed by atoms with van der Waals surface area (Å²) in [5, 5.41) is 19.6. The van der Waals surface area contributed by atoms with E-state index in [0.717, 1.165) is 0 Å². The summed E-state index contributed by atoms with van der Waals surface area (Å²) in [7, 11) is 0. The number of piperidine rings is 1. The third kappa shape index (κ3) is 1.49. The standard InChI is InChI=1S/C6H9F2NO2/c7-6(8)3-9-1-4(2-10)5(6)11/h2,5,9-11H,1,3H2/b4-2-/t5-/m1/s1. The molecule has 1 fully saturated rings. The fourth-order valence-electron chi connectivity index (χ4n) is 0.954. The van der Waals surface area contributed by atoms with Crippen LogP contribution >= 0.6 is 0 Å². The number of rotatable bonds is 0. The maximum Gasteiger partial charge on any atom is 0.289 e. The second kappa shape index (κ2) is 2.75. The van der Waals surface area contributed by atoms with Gasteiger partial charge in [-0.2, -0.15) is 0 Å². The summed E-state index contributed by atoms with van der Waals surface area (Å²) in [6.07, 6.45) is -1.33. The van der Waals surface area contributed by atoms with E-state index in [-0.39, 0.29) is 12.1 Å². The van der Waals surface area contributed by atoms with Gasteiger partial charge in [0.2, 0.25) is 0 Å². The van der Waals surface area contributed by atoms with Crippen molar-refractivity contribution < 1.29 is 19.0 Å². The maximum absolute atomic E-state index is 12.6. The highest BCUT2D eigenvalue weighted by Gasteiger charge is 2.43. The van der Waals surface area contributed by atoms with Crippen molar-refractivity contribution in [2.75, 3.05) is 13.1 Å². The second-order valence-corrected chi connectivity index (χ2v) is 2.47. The molecule has 1 atom stereocenters. The summed E-state index contributed by atoms with van der Waals surface area (Å²) in [6.45, 7) is -0.446. The Balaban J connectivity index is 2.76. The third-order valence-electron chi connectivity index (χ3n) is 1.61. The molecule has 1 aliphatic rings. The minimum Gasteiger partial charge on any atom is -0.515 e. The molecule has 0 unspecified atom stereocenters. The molecule has 3 N–H and O–H groups in total. The zero-order valence-electron chi connectivity index (χ0n) is 5.72. The first kappa shape index (κ1) is 8.42. The lowest BCUT2D eigenvalue weighted by molar-refractivity contribution is -0.0990. The summed E-state index contributed by atoms with van der Waals surface area (Å²) in [5.41, 5.74) is -0.0822. The Labute approximate surface area is 62.3 Å². The van der Waals surface area contributed by atoms with Crippen LogP contribution in [-0.4, -0.2) is 35.3 Å². The van der Waals surface area contributed by atoms with Crippen molar-refractivity contribution in [3.05, 3.63) is 11.8 Å². The Morgan fingerprint density at radius 2 is 2.27 bits per heavy atom. The molecular formula is C6H9F2NO2. The van der Waals surface area contributed by atoms with Gasteiger partial charge in [-0.3, -0.25) is 0 Å². The number of nitrogens with one attached hydrogen (secondary N) is 1. The van der Waals surface area contributed by atoms with Gasteiger partial charge in [0.05, 0.1) is 12.8 Å². The van der Waals surface area contributed by atoms with E-state index >= 15 is 0 Å². The quantitative estimate of drug-likeness (QED) is 0.444. The summed E-state index contributed by atoms with van der Waals surface area (Å²) in [4.78, 5) is 0. The molecule has 11 heavy (non-hydrogen) atoms. The fraction of sp³-hybridized carbons (Fsp3) is 0.667. The Kier molecular flexibility index (Phi) is 2.10. The number of aliphatic hydroxyl groups is 2. The minimum absolute atomic E-state index is 0.0822. The van der Waals surface area contributed by atoms with Crippen LogP contribution in [0.25, 0.3) is 0 Å². The van der Waals surface area contributed by atoms with Crippen LogP contribution in [-0.2, 0) is 0 Å². The van der Waals surface area contributed by atoms with Crippen LogP contribution in [0, 0.1) is 0 Å². The number of hydrogen-bond donors (Lipinski definition) is 3. The number of aliphatic hydroxyl groups excluding tert-OH is 2. The van der Waals surface area contributed by atoms with Gasteiger partial charge in [-0.05, 0) is 0 Å². The molecule has 0 spiro atoms. The first-order chi connectivity index (χ1) is 5.08. The van der Waals surface area contributed by atoms with Crippen molar-refractivity contribution >= 4 is 0 Å². The number of hydrogen-bond acceptors (Lipinski definition) is 3. The second-order valence-electron chi connectivity index (χ2n) is 2.47. The van der Waals surface area contributed by atoms with Gasteiger partial charge in [-0.15, -0.1) is 0 Å². The first-order valence-corrected chi connectivity index (χ1v) is 3.17. The molecule has 64 valence electrons. The van der Waals surface area contributed by atoms with Gasteiger partial charge < -0.3 is 15.5 Å². The Bertz CT molecular complexity index is 181. The van der Waals surface area contributed by atoms with Gasteiger partial charge in [-0.1, -0.05) is 0 Å². The average Bonchev–Trinajstić information content (AvgIpc) is 1.95. The normalized spacial score (nSPS) is 34.1. The summed E-state index contributed by atoms with van der Waals surface area (Å²) < 4.78 is 25.1. The zero-order chi connectivity index (χ0) is 8.48. The van der Waals surface area contributed by atoms with Gasteiger partial charge in [-0.25, -0.2) is 8.78 Å². The molecule has 1 aliphatic heterocycles.